The molecule has 0 aromatic carbocycles. The van der Waals surface area contributed by atoms with Gasteiger partial charge in [0.25, 0.3) is 5.69 Å². The van der Waals surface area contributed by atoms with Crippen LogP contribution < -0.4 is 0 Å². The van der Waals surface area contributed by atoms with Crippen molar-refractivity contribution < 1.29 is 43.3 Å². The van der Waals surface area contributed by atoms with Crippen LogP contribution >= 0.6 is 0 Å². The fourth-order valence-electron chi connectivity index (χ4n) is 2.73. The van der Waals surface area contributed by atoms with Gasteiger partial charge in [-0.3, -0.25) is 24.5 Å². The lowest BCUT2D eigenvalue weighted by molar-refractivity contribution is -0.553. The number of carbonyl (C=O) groups excluding carboxylic acids is 3. The molecule has 0 saturated carbocycles. The zero-order valence-corrected chi connectivity index (χ0v) is 15.4. The molecular weight excluding hydrogens is 400 g/mol. The van der Waals surface area contributed by atoms with Gasteiger partial charge in [-0.1, -0.05) is 0 Å². The fourth-order valence-corrected chi connectivity index (χ4v) is 2.73. The Labute approximate surface area is 161 Å². The lowest BCUT2D eigenvalue weighted by atomic mass is 10.0. The number of ether oxygens (including phenoxy) is 4. The first-order chi connectivity index (χ1) is 13.5. The molecular formula is C14H16N4O11. The van der Waals surface area contributed by atoms with Gasteiger partial charge in [-0.15, -0.1) is 0 Å². The van der Waals surface area contributed by atoms with Crippen LogP contribution in [0, 0.1) is 20.2 Å². The average molecular weight is 416 g/mol. The summed E-state index contributed by atoms with van der Waals surface area (Å²) < 4.78 is 20.6. The lowest BCUT2D eigenvalue weighted by Gasteiger charge is -2.22. The number of nitro groups is 2. The van der Waals surface area contributed by atoms with Gasteiger partial charge in [0.2, 0.25) is 0 Å². The number of rotatable bonds is 7. The van der Waals surface area contributed by atoms with Crippen LogP contribution in [0.5, 0.6) is 0 Å². The number of aromatic nitrogens is 2. The molecule has 1 aliphatic rings. The first-order valence-corrected chi connectivity index (χ1v) is 8.03. The van der Waals surface area contributed by atoms with E-state index < -0.39 is 70.3 Å². The summed E-state index contributed by atoms with van der Waals surface area (Å²) in [4.78, 5) is 55.6. The smallest absolute Gasteiger partial charge is 0.345 e. The van der Waals surface area contributed by atoms with Crippen molar-refractivity contribution in [1.29, 1.82) is 0 Å². The van der Waals surface area contributed by atoms with E-state index in [0.717, 1.165) is 20.8 Å². The first-order valence-electron chi connectivity index (χ1n) is 8.03. The Morgan fingerprint density at radius 1 is 1.10 bits per heavy atom. The van der Waals surface area contributed by atoms with Crippen molar-refractivity contribution in [2.75, 3.05) is 6.61 Å². The van der Waals surface area contributed by atoms with Crippen LogP contribution in [0.2, 0.25) is 0 Å². The van der Waals surface area contributed by atoms with Crippen LogP contribution in [0.1, 0.15) is 32.6 Å². The van der Waals surface area contributed by atoms with E-state index in [2.05, 4.69) is 5.10 Å². The van der Waals surface area contributed by atoms with Crippen molar-refractivity contribution in [2.45, 2.75) is 45.2 Å². The SMILES string of the molecule is CC(=O)OC[C@H]1O[C@@H](c2nn([N+](=O)[O-])cc2[N+](=O)[O-])[C@H](OC(C)=O)[C@@H]1OC(C)=O. The minimum Gasteiger partial charge on any atom is -0.463 e. The number of hydrogen-bond donors (Lipinski definition) is 0. The Kier molecular flexibility index (Phi) is 6.42. The van der Waals surface area contributed by atoms with E-state index in [1.54, 1.807) is 0 Å². The van der Waals surface area contributed by atoms with Crippen LogP contribution in [0.25, 0.3) is 0 Å². The molecule has 0 spiro atoms. The fraction of sp³-hybridized carbons (Fsp3) is 0.571. The lowest BCUT2D eigenvalue weighted by Crippen LogP contribution is -2.40. The summed E-state index contributed by atoms with van der Waals surface area (Å²) in [5.41, 5.74) is -1.31. The second-order valence-corrected chi connectivity index (χ2v) is 5.86. The standard InChI is InChI=1S/C14H16N4O11/c1-6(19)26-5-10-12(27-7(2)20)14(28-8(3)21)13(29-10)11-9(17(22)23)4-16(15-11)18(24)25/h4,10,12-14H,5H2,1-3H3/t10-,12-,13+,14-/m1/s1. The third-order valence-corrected chi connectivity index (χ3v) is 3.71. The molecule has 0 aliphatic carbocycles. The summed E-state index contributed by atoms with van der Waals surface area (Å²) in [5, 5.41) is 24.8. The molecule has 0 radical (unpaired) electrons. The predicted molar refractivity (Wildman–Crippen MR) is 86.6 cm³/mol. The highest BCUT2D eigenvalue weighted by molar-refractivity contribution is 5.68. The number of nitrogens with zero attached hydrogens (tertiary/aromatic N) is 4. The van der Waals surface area contributed by atoms with Crippen molar-refractivity contribution in [2.24, 2.45) is 0 Å². The van der Waals surface area contributed by atoms with E-state index in [9.17, 15) is 34.6 Å². The van der Waals surface area contributed by atoms with Crippen LogP contribution in [-0.4, -0.2) is 62.7 Å². The molecule has 4 atom stereocenters. The normalized spacial score (nSPS) is 23.3. The maximum absolute atomic E-state index is 11.5. The van der Waals surface area contributed by atoms with Gasteiger partial charge in [-0.25, -0.2) is 0 Å². The van der Waals surface area contributed by atoms with Gasteiger partial charge in [-0.05, 0) is 0 Å². The molecule has 15 heteroatoms. The second-order valence-electron chi connectivity index (χ2n) is 5.86. The third kappa shape index (κ3) is 5.01. The summed E-state index contributed by atoms with van der Waals surface area (Å²) >= 11 is 0. The van der Waals surface area contributed by atoms with Gasteiger partial charge < -0.3 is 29.1 Å². The Morgan fingerprint density at radius 3 is 2.17 bits per heavy atom. The number of esters is 3. The zero-order chi connectivity index (χ0) is 21.9. The monoisotopic (exact) mass is 416 g/mol. The summed E-state index contributed by atoms with van der Waals surface area (Å²) in [7, 11) is 0. The molecule has 0 bridgehead atoms. The topological polar surface area (TPSA) is 192 Å². The van der Waals surface area contributed by atoms with Gasteiger partial charge in [-0.2, -0.15) is 0 Å². The number of carbonyl (C=O) groups is 3. The minimum atomic E-state index is -1.51. The highest BCUT2D eigenvalue weighted by atomic mass is 16.7. The third-order valence-electron chi connectivity index (χ3n) is 3.71. The Morgan fingerprint density at radius 2 is 1.69 bits per heavy atom. The Balaban J connectivity index is 2.51. The van der Waals surface area contributed by atoms with Crippen molar-refractivity contribution in [3.63, 3.8) is 0 Å². The maximum Gasteiger partial charge on any atom is 0.345 e. The molecule has 1 aromatic heterocycles. The van der Waals surface area contributed by atoms with Crippen molar-refractivity contribution in [1.82, 2.24) is 9.89 Å². The van der Waals surface area contributed by atoms with Crippen LogP contribution in [0.15, 0.2) is 6.20 Å². The molecule has 2 rings (SSSR count). The highest BCUT2D eigenvalue weighted by Crippen LogP contribution is 2.40. The van der Waals surface area contributed by atoms with Gasteiger partial charge in [0.15, 0.2) is 24.5 Å². The van der Waals surface area contributed by atoms with E-state index in [1.165, 1.54) is 0 Å². The maximum atomic E-state index is 11.5. The quantitative estimate of drug-likeness (QED) is 0.244. The first kappa shape index (κ1) is 21.7. The Bertz CT molecular complexity index is 851. The van der Waals surface area contributed by atoms with Crippen LogP contribution in [0.3, 0.4) is 0 Å². The molecule has 158 valence electrons. The molecule has 0 unspecified atom stereocenters. The summed E-state index contributed by atoms with van der Waals surface area (Å²) in [6.45, 7) is 2.77. The largest absolute Gasteiger partial charge is 0.463 e. The van der Waals surface area contributed by atoms with Crippen LogP contribution in [-0.2, 0) is 33.3 Å². The van der Waals surface area contributed by atoms with Gasteiger partial charge in [0.05, 0.1) is 15.1 Å². The molecule has 15 nitrogen and oxygen atoms in total. The number of hydrogen-bond acceptors (Lipinski definition) is 12. The average Bonchev–Trinajstić information content (AvgIpc) is 3.15. The minimum absolute atomic E-state index is 0.0991. The predicted octanol–water partition coefficient (Wildman–Crippen LogP) is -0.303. The summed E-state index contributed by atoms with van der Waals surface area (Å²) in [6.07, 6.45) is -4.90. The molecule has 1 aromatic rings. The molecule has 1 saturated heterocycles. The van der Waals surface area contributed by atoms with E-state index in [4.69, 9.17) is 18.9 Å². The van der Waals surface area contributed by atoms with E-state index >= 15 is 0 Å². The van der Waals surface area contributed by atoms with Crippen LogP contribution in [0.4, 0.5) is 5.69 Å². The van der Waals surface area contributed by atoms with E-state index in [1.807, 2.05) is 0 Å². The van der Waals surface area contributed by atoms with Crippen molar-refractivity contribution >= 4 is 23.6 Å². The molecule has 1 aliphatic heterocycles. The van der Waals surface area contributed by atoms with Gasteiger partial charge in [0, 0.05) is 25.6 Å². The molecule has 0 amide bonds. The van der Waals surface area contributed by atoms with Gasteiger partial charge in [0.1, 0.15) is 12.7 Å². The van der Waals surface area contributed by atoms with E-state index in [-0.39, 0.29) is 4.79 Å². The van der Waals surface area contributed by atoms with E-state index in [0.29, 0.717) is 6.20 Å². The zero-order valence-electron chi connectivity index (χ0n) is 15.4. The molecule has 29 heavy (non-hydrogen) atoms. The second kappa shape index (κ2) is 8.59. The molecule has 0 N–H and O–H groups in total. The van der Waals surface area contributed by atoms with Crippen molar-refractivity contribution in [3.05, 3.63) is 32.1 Å². The van der Waals surface area contributed by atoms with Gasteiger partial charge >= 0.3 is 23.6 Å². The Hall–Kier alpha value is -3.62. The molecule has 1 fully saturated rings. The summed E-state index contributed by atoms with van der Waals surface area (Å²) in [6, 6.07) is 0. The summed E-state index contributed by atoms with van der Waals surface area (Å²) in [5.74, 6) is -2.33. The highest BCUT2D eigenvalue weighted by Gasteiger charge is 2.55. The molecule has 2 heterocycles. The van der Waals surface area contributed by atoms with Crippen molar-refractivity contribution in [3.8, 4) is 0 Å².